The Kier molecular flexibility index (Phi) is 3.03. The molecule has 0 bridgehead atoms. The number of carbonyl (C=O) groups is 1. The first kappa shape index (κ1) is 9.93. The molecule has 1 heterocycles. The molecule has 1 aliphatic carbocycles. The predicted octanol–water partition coefficient (Wildman–Crippen LogP) is 2.96. The van der Waals surface area contributed by atoms with E-state index in [-0.39, 0.29) is 5.91 Å². The topological polar surface area (TPSA) is 29.1 Å². The van der Waals surface area contributed by atoms with Crippen molar-refractivity contribution in [3.8, 4) is 0 Å². The summed E-state index contributed by atoms with van der Waals surface area (Å²) in [4.78, 5) is 11.7. The Labute approximate surface area is 95.1 Å². The van der Waals surface area contributed by atoms with E-state index in [1.165, 1.54) is 11.3 Å². The van der Waals surface area contributed by atoms with Crippen molar-refractivity contribution in [3.05, 3.63) is 32.9 Å². The summed E-state index contributed by atoms with van der Waals surface area (Å²) in [5.41, 5.74) is 0.744. The summed E-state index contributed by atoms with van der Waals surface area (Å²) in [6.45, 7) is 0. The highest BCUT2D eigenvalue weighted by Gasteiger charge is 2.15. The molecule has 1 aromatic heterocycles. The van der Waals surface area contributed by atoms with Crippen molar-refractivity contribution in [2.45, 2.75) is 18.9 Å². The molecule has 0 saturated carbocycles. The van der Waals surface area contributed by atoms with Gasteiger partial charge in [0.25, 0.3) is 5.91 Å². The van der Waals surface area contributed by atoms with Crippen LogP contribution in [-0.4, -0.2) is 11.9 Å². The summed E-state index contributed by atoms with van der Waals surface area (Å²) >= 11 is 4.87. The van der Waals surface area contributed by atoms with Gasteiger partial charge in [0.1, 0.15) is 0 Å². The SMILES string of the molecule is O=C(NC1CC=CC1)c1csc(Br)c1. The molecule has 1 N–H and O–H groups in total. The van der Waals surface area contributed by atoms with Crippen molar-refractivity contribution in [3.63, 3.8) is 0 Å². The maximum atomic E-state index is 11.7. The average molecular weight is 272 g/mol. The van der Waals surface area contributed by atoms with Gasteiger partial charge in [-0.25, -0.2) is 0 Å². The Morgan fingerprint density at radius 1 is 1.50 bits per heavy atom. The number of carbonyl (C=O) groups excluding carboxylic acids is 1. The molecule has 0 saturated heterocycles. The third kappa shape index (κ3) is 2.25. The fraction of sp³-hybridized carbons (Fsp3) is 0.300. The fourth-order valence-electron chi connectivity index (χ4n) is 1.43. The zero-order valence-electron chi connectivity index (χ0n) is 7.50. The zero-order valence-corrected chi connectivity index (χ0v) is 9.90. The van der Waals surface area contributed by atoms with E-state index in [9.17, 15) is 4.79 Å². The molecule has 0 fully saturated rings. The van der Waals surface area contributed by atoms with Gasteiger partial charge in [-0.05, 0) is 34.8 Å². The highest BCUT2D eigenvalue weighted by Crippen LogP contribution is 2.21. The number of hydrogen-bond acceptors (Lipinski definition) is 2. The number of nitrogens with one attached hydrogen (secondary N) is 1. The molecule has 0 unspecified atom stereocenters. The summed E-state index contributed by atoms with van der Waals surface area (Å²) in [5.74, 6) is 0.0284. The predicted molar refractivity (Wildman–Crippen MR) is 61.6 cm³/mol. The first-order chi connectivity index (χ1) is 6.75. The van der Waals surface area contributed by atoms with Crippen molar-refractivity contribution >= 4 is 33.2 Å². The van der Waals surface area contributed by atoms with Crippen LogP contribution in [0.3, 0.4) is 0 Å². The molecule has 1 aliphatic rings. The molecule has 1 amide bonds. The quantitative estimate of drug-likeness (QED) is 0.824. The molecule has 0 atom stereocenters. The first-order valence-corrected chi connectivity index (χ1v) is 6.13. The van der Waals surface area contributed by atoms with E-state index in [4.69, 9.17) is 0 Å². The number of thiophene rings is 1. The third-order valence-corrected chi connectivity index (χ3v) is 3.68. The smallest absolute Gasteiger partial charge is 0.252 e. The van der Waals surface area contributed by atoms with E-state index in [0.29, 0.717) is 6.04 Å². The molecule has 74 valence electrons. The van der Waals surface area contributed by atoms with Crippen molar-refractivity contribution in [1.82, 2.24) is 5.32 Å². The number of hydrogen-bond donors (Lipinski definition) is 1. The normalized spacial score (nSPS) is 16.1. The van der Waals surface area contributed by atoms with Gasteiger partial charge in [-0.3, -0.25) is 4.79 Å². The molecule has 0 radical (unpaired) electrons. The van der Waals surface area contributed by atoms with Crippen LogP contribution < -0.4 is 5.32 Å². The van der Waals surface area contributed by atoms with Crippen molar-refractivity contribution < 1.29 is 4.79 Å². The van der Waals surface area contributed by atoms with Crippen molar-refractivity contribution in [2.24, 2.45) is 0 Å². The second-order valence-electron chi connectivity index (χ2n) is 3.25. The Bertz CT molecular complexity index is 364. The van der Waals surface area contributed by atoms with E-state index >= 15 is 0 Å². The van der Waals surface area contributed by atoms with Gasteiger partial charge < -0.3 is 5.32 Å². The first-order valence-electron chi connectivity index (χ1n) is 4.45. The van der Waals surface area contributed by atoms with Crippen LogP contribution in [0.15, 0.2) is 27.4 Å². The van der Waals surface area contributed by atoms with E-state index < -0.39 is 0 Å². The molecular formula is C10H10BrNOS. The van der Waals surface area contributed by atoms with Crippen LogP contribution in [0.4, 0.5) is 0 Å². The lowest BCUT2D eigenvalue weighted by Gasteiger charge is -2.10. The summed E-state index contributed by atoms with van der Waals surface area (Å²) in [6, 6.07) is 2.14. The molecule has 1 aromatic rings. The summed E-state index contributed by atoms with van der Waals surface area (Å²) in [7, 11) is 0. The van der Waals surface area contributed by atoms with Crippen LogP contribution in [0.25, 0.3) is 0 Å². The second-order valence-corrected chi connectivity index (χ2v) is 5.54. The molecule has 0 aliphatic heterocycles. The zero-order chi connectivity index (χ0) is 9.97. The Morgan fingerprint density at radius 2 is 2.21 bits per heavy atom. The van der Waals surface area contributed by atoms with Crippen molar-refractivity contribution in [1.29, 1.82) is 0 Å². The molecule has 0 aromatic carbocycles. The van der Waals surface area contributed by atoms with Gasteiger partial charge in [-0.15, -0.1) is 11.3 Å². The van der Waals surface area contributed by atoms with Crippen LogP contribution >= 0.6 is 27.3 Å². The molecule has 2 nitrogen and oxygen atoms in total. The third-order valence-electron chi connectivity index (χ3n) is 2.17. The van der Waals surface area contributed by atoms with Gasteiger partial charge in [-0.2, -0.15) is 0 Å². The minimum absolute atomic E-state index is 0.0284. The summed E-state index contributed by atoms with van der Waals surface area (Å²) in [5, 5.41) is 4.86. The van der Waals surface area contributed by atoms with Crippen LogP contribution in [0.1, 0.15) is 23.2 Å². The maximum Gasteiger partial charge on any atom is 0.252 e. The van der Waals surface area contributed by atoms with Gasteiger partial charge in [0.15, 0.2) is 0 Å². The lowest BCUT2D eigenvalue weighted by molar-refractivity contribution is 0.0939. The van der Waals surface area contributed by atoms with Gasteiger partial charge >= 0.3 is 0 Å². The monoisotopic (exact) mass is 271 g/mol. The Balaban J connectivity index is 1.95. The lowest BCUT2D eigenvalue weighted by Crippen LogP contribution is -2.32. The highest BCUT2D eigenvalue weighted by molar-refractivity contribution is 9.11. The largest absolute Gasteiger partial charge is 0.349 e. The minimum Gasteiger partial charge on any atom is -0.349 e. The van der Waals surface area contributed by atoms with Crippen LogP contribution in [0.5, 0.6) is 0 Å². The van der Waals surface area contributed by atoms with E-state index in [2.05, 4.69) is 33.4 Å². The molecule has 4 heteroatoms. The van der Waals surface area contributed by atoms with E-state index in [0.717, 1.165) is 22.2 Å². The Morgan fingerprint density at radius 3 is 2.79 bits per heavy atom. The van der Waals surface area contributed by atoms with Gasteiger partial charge in [0, 0.05) is 11.4 Å². The fourth-order valence-corrected chi connectivity index (χ4v) is 2.57. The van der Waals surface area contributed by atoms with E-state index in [1.807, 2.05) is 11.4 Å². The van der Waals surface area contributed by atoms with Gasteiger partial charge in [-0.1, -0.05) is 12.2 Å². The van der Waals surface area contributed by atoms with Gasteiger partial charge in [0.05, 0.1) is 9.35 Å². The number of halogens is 1. The van der Waals surface area contributed by atoms with Crippen molar-refractivity contribution in [2.75, 3.05) is 0 Å². The van der Waals surface area contributed by atoms with Crippen LogP contribution in [0, 0.1) is 0 Å². The molecule has 0 spiro atoms. The Hall–Kier alpha value is -0.610. The minimum atomic E-state index is 0.0284. The van der Waals surface area contributed by atoms with Crippen LogP contribution in [0.2, 0.25) is 0 Å². The number of rotatable bonds is 2. The molecule has 14 heavy (non-hydrogen) atoms. The standard InChI is InChI=1S/C10H10BrNOS/c11-9-5-7(6-14-9)10(13)12-8-3-1-2-4-8/h1-2,5-6,8H,3-4H2,(H,12,13). The summed E-state index contributed by atoms with van der Waals surface area (Å²) in [6.07, 6.45) is 6.12. The maximum absolute atomic E-state index is 11.7. The van der Waals surface area contributed by atoms with Gasteiger partial charge in [0.2, 0.25) is 0 Å². The second kappa shape index (κ2) is 4.28. The van der Waals surface area contributed by atoms with E-state index in [1.54, 1.807) is 0 Å². The summed E-state index contributed by atoms with van der Waals surface area (Å²) < 4.78 is 0.993. The molecular weight excluding hydrogens is 262 g/mol. The average Bonchev–Trinajstić information content (AvgIpc) is 2.75. The lowest BCUT2D eigenvalue weighted by atomic mass is 10.2. The molecule has 2 rings (SSSR count). The number of amides is 1. The van der Waals surface area contributed by atoms with Crippen LogP contribution in [-0.2, 0) is 0 Å². The highest BCUT2D eigenvalue weighted by atomic mass is 79.9.